The van der Waals surface area contributed by atoms with E-state index in [0.29, 0.717) is 14.5 Å². The monoisotopic (exact) mass is 517 g/mol. The number of rotatable bonds is 5. The number of hydrogen-bond acceptors (Lipinski definition) is 4. The minimum absolute atomic E-state index is 0.298. The molecule has 3 N–H and O–H groups in total. The number of halogens is 5. The van der Waals surface area contributed by atoms with Gasteiger partial charge in [0.25, 0.3) is 0 Å². The van der Waals surface area contributed by atoms with Gasteiger partial charge in [-0.2, -0.15) is 8.42 Å². The van der Waals surface area contributed by atoms with Crippen molar-refractivity contribution in [2.24, 2.45) is 5.14 Å². The largest absolute Gasteiger partial charge is 0.383 e. The fourth-order valence-corrected chi connectivity index (χ4v) is 3.87. The Balaban J connectivity index is 3.31. The maximum Gasteiger partial charge on any atom is 0.333 e. The van der Waals surface area contributed by atoms with Crippen molar-refractivity contribution in [2.75, 3.05) is 6.61 Å². The van der Waals surface area contributed by atoms with E-state index in [1.807, 2.05) is 6.92 Å². The average Bonchev–Trinajstić information content (AvgIpc) is 2.30. The molecule has 0 radical (unpaired) electrons. The standard InChI is InChI=1S/C11H12Br2Cl3NO4S/c1-6-8(12)2-7(3-9(6)13)10(18,4-11(14,15)16)5-21-22(17,19)20/h2-3,18H,4-5H2,1H3,(H2,17,19,20). The molecule has 22 heavy (non-hydrogen) atoms. The maximum atomic E-state index is 11.0. The van der Waals surface area contributed by atoms with Crippen LogP contribution in [0.1, 0.15) is 17.5 Å². The van der Waals surface area contributed by atoms with Crippen LogP contribution in [0.5, 0.6) is 0 Å². The topological polar surface area (TPSA) is 89.6 Å². The third-order valence-corrected chi connectivity index (χ3v) is 5.27. The van der Waals surface area contributed by atoms with E-state index in [9.17, 15) is 13.5 Å². The number of benzene rings is 1. The summed E-state index contributed by atoms with van der Waals surface area (Å²) in [4.78, 5) is 0. The van der Waals surface area contributed by atoms with Gasteiger partial charge in [0.15, 0.2) is 3.79 Å². The highest BCUT2D eigenvalue weighted by Crippen LogP contribution is 2.42. The molecule has 0 aliphatic heterocycles. The Kier molecular flexibility index (Phi) is 7.05. The predicted octanol–water partition coefficient (Wildman–Crippen LogP) is 3.69. The van der Waals surface area contributed by atoms with E-state index in [1.54, 1.807) is 12.1 Å². The first-order valence-corrected chi connectivity index (χ1v) is 9.85. The Morgan fingerprint density at radius 1 is 1.27 bits per heavy atom. The summed E-state index contributed by atoms with van der Waals surface area (Å²) in [5, 5.41) is 15.6. The van der Waals surface area contributed by atoms with E-state index in [4.69, 9.17) is 39.9 Å². The molecule has 0 aliphatic rings. The van der Waals surface area contributed by atoms with Crippen molar-refractivity contribution in [1.29, 1.82) is 0 Å². The summed E-state index contributed by atoms with van der Waals surface area (Å²) in [7, 11) is -4.26. The molecular formula is C11H12Br2Cl3NO4S. The molecule has 1 aromatic rings. The second kappa shape index (κ2) is 7.41. The molecule has 11 heteroatoms. The van der Waals surface area contributed by atoms with E-state index in [1.165, 1.54) is 0 Å². The number of nitrogens with two attached hydrogens (primary N) is 1. The first kappa shape index (κ1) is 20.9. The van der Waals surface area contributed by atoms with Crippen LogP contribution in [-0.4, -0.2) is 23.9 Å². The average molecular weight is 520 g/mol. The van der Waals surface area contributed by atoms with Crippen LogP contribution in [0.2, 0.25) is 0 Å². The van der Waals surface area contributed by atoms with Crippen molar-refractivity contribution >= 4 is 77.0 Å². The zero-order chi connectivity index (χ0) is 17.3. The van der Waals surface area contributed by atoms with Crippen LogP contribution in [-0.2, 0) is 20.1 Å². The first-order valence-electron chi connectivity index (χ1n) is 5.66. The Morgan fingerprint density at radius 3 is 2.09 bits per heavy atom. The molecule has 0 bridgehead atoms. The number of aliphatic hydroxyl groups is 1. The van der Waals surface area contributed by atoms with Crippen molar-refractivity contribution in [1.82, 2.24) is 0 Å². The van der Waals surface area contributed by atoms with E-state index < -0.39 is 32.7 Å². The molecular weight excluding hydrogens is 508 g/mol. The molecule has 126 valence electrons. The predicted molar refractivity (Wildman–Crippen MR) is 94.4 cm³/mol. The molecule has 1 rings (SSSR count). The maximum absolute atomic E-state index is 11.0. The van der Waals surface area contributed by atoms with E-state index in [2.05, 4.69) is 36.0 Å². The molecule has 0 saturated heterocycles. The minimum Gasteiger partial charge on any atom is -0.383 e. The van der Waals surface area contributed by atoms with Gasteiger partial charge in [0.2, 0.25) is 0 Å². The lowest BCUT2D eigenvalue weighted by Gasteiger charge is -2.31. The molecule has 1 aromatic carbocycles. The van der Waals surface area contributed by atoms with Gasteiger partial charge >= 0.3 is 10.3 Å². The third kappa shape index (κ3) is 6.41. The van der Waals surface area contributed by atoms with Crippen molar-refractivity contribution < 1.29 is 17.7 Å². The van der Waals surface area contributed by atoms with Crippen LogP contribution < -0.4 is 5.14 Å². The summed E-state index contributed by atoms with van der Waals surface area (Å²) in [6.07, 6.45) is -0.401. The van der Waals surface area contributed by atoms with Gasteiger partial charge in [0.05, 0.1) is 0 Å². The summed E-state index contributed by atoms with van der Waals surface area (Å²) in [5.41, 5.74) is -0.699. The number of alkyl halides is 3. The van der Waals surface area contributed by atoms with Gasteiger partial charge in [-0.3, -0.25) is 4.18 Å². The lowest BCUT2D eigenvalue weighted by atomic mass is 9.91. The molecule has 0 aromatic heterocycles. The summed E-state index contributed by atoms with van der Waals surface area (Å²) >= 11 is 23.9. The minimum atomic E-state index is -4.26. The van der Waals surface area contributed by atoms with Gasteiger partial charge in [-0.05, 0) is 30.2 Å². The lowest BCUT2D eigenvalue weighted by molar-refractivity contribution is -0.0142. The van der Waals surface area contributed by atoms with E-state index >= 15 is 0 Å². The second-order valence-electron chi connectivity index (χ2n) is 4.64. The Bertz CT molecular complexity index is 643. The molecule has 0 amide bonds. The van der Waals surface area contributed by atoms with Crippen LogP contribution >= 0.6 is 66.7 Å². The normalized spacial score (nSPS) is 15.6. The number of hydrogen-bond donors (Lipinski definition) is 2. The molecule has 0 saturated carbocycles. The molecule has 0 spiro atoms. The third-order valence-electron chi connectivity index (χ3n) is 2.77. The lowest BCUT2D eigenvalue weighted by Crippen LogP contribution is -2.38. The molecule has 0 heterocycles. The Morgan fingerprint density at radius 2 is 1.73 bits per heavy atom. The summed E-state index contributed by atoms with van der Waals surface area (Å²) in [5.74, 6) is 0. The molecule has 0 aliphatic carbocycles. The van der Waals surface area contributed by atoms with Crippen molar-refractivity contribution in [3.8, 4) is 0 Å². The van der Waals surface area contributed by atoms with Crippen molar-refractivity contribution in [2.45, 2.75) is 22.7 Å². The summed E-state index contributed by atoms with van der Waals surface area (Å²) in [6.45, 7) is 1.15. The van der Waals surface area contributed by atoms with Gasteiger partial charge in [0, 0.05) is 15.4 Å². The van der Waals surface area contributed by atoms with Gasteiger partial charge < -0.3 is 5.11 Å². The molecule has 5 nitrogen and oxygen atoms in total. The SMILES string of the molecule is Cc1c(Br)cc(C(O)(COS(N)(=O)=O)CC(Cl)(Cl)Cl)cc1Br. The van der Waals surface area contributed by atoms with Crippen molar-refractivity contribution in [3.63, 3.8) is 0 Å². The van der Waals surface area contributed by atoms with E-state index in [-0.39, 0.29) is 0 Å². The van der Waals surface area contributed by atoms with Crippen LogP contribution in [0, 0.1) is 6.92 Å². The van der Waals surface area contributed by atoms with Crippen molar-refractivity contribution in [3.05, 3.63) is 32.2 Å². The molecule has 1 atom stereocenters. The zero-order valence-electron chi connectivity index (χ0n) is 11.1. The van der Waals surface area contributed by atoms with E-state index in [0.717, 1.165) is 5.56 Å². The fraction of sp³-hybridized carbons (Fsp3) is 0.455. The van der Waals surface area contributed by atoms with Gasteiger partial charge in [-0.25, -0.2) is 5.14 Å². The highest BCUT2D eigenvalue weighted by molar-refractivity contribution is 9.11. The highest BCUT2D eigenvalue weighted by Gasteiger charge is 2.40. The summed E-state index contributed by atoms with van der Waals surface area (Å²) < 4.78 is 26.0. The highest BCUT2D eigenvalue weighted by atomic mass is 79.9. The van der Waals surface area contributed by atoms with Crippen LogP contribution in [0.25, 0.3) is 0 Å². The second-order valence-corrected chi connectivity index (χ2v) is 10.1. The fourth-order valence-electron chi connectivity index (χ4n) is 1.66. The smallest absolute Gasteiger partial charge is 0.333 e. The zero-order valence-corrected chi connectivity index (χ0v) is 17.4. The van der Waals surface area contributed by atoms with Gasteiger partial charge in [-0.15, -0.1) is 0 Å². The van der Waals surface area contributed by atoms with Crippen LogP contribution in [0.4, 0.5) is 0 Å². The molecule has 0 fully saturated rings. The molecule has 1 unspecified atom stereocenters. The van der Waals surface area contributed by atoms with Gasteiger partial charge in [0.1, 0.15) is 12.2 Å². The van der Waals surface area contributed by atoms with Crippen LogP contribution in [0.3, 0.4) is 0 Å². The van der Waals surface area contributed by atoms with Crippen LogP contribution in [0.15, 0.2) is 21.1 Å². The Labute approximate surface area is 160 Å². The summed E-state index contributed by atoms with van der Waals surface area (Å²) in [6, 6.07) is 3.17. The van der Waals surface area contributed by atoms with Gasteiger partial charge in [-0.1, -0.05) is 66.7 Å². The Hall–Kier alpha value is 0.880. The first-order chi connectivity index (χ1) is 9.73. The quantitative estimate of drug-likeness (QED) is 0.580.